The fraction of sp³-hybridized carbons (Fsp3) is 0.400. The van der Waals surface area contributed by atoms with E-state index in [4.69, 9.17) is 4.74 Å². The lowest BCUT2D eigenvalue weighted by Gasteiger charge is -2.16. The van der Waals surface area contributed by atoms with Gasteiger partial charge < -0.3 is 4.74 Å². The van der Waals surface area contributed by atoms with Crippen molar-refractivity contribution in [2.75, 3.05) is 0 Å². The third-order valence-electron chi connectivity index (χ3n) is 3.61. The highest BCUT2D eigenvalue weighted by molar-refractivity contribution is 5.77. The Morgan fingerprint density at radius 1 is 1.18 bits per heavy atom. The molecule has 1 unspecified atom stereocenters. The van der Waals surface area contributed by atoms with Gasteiger partial charge in [-0.15, -0.1) is 0 Å². The average molecular weight is 228 g/mol. The summed E-state index contributed by atoms with van der Waals surface area (Å²) in [5.41, 5.74) is 2.75. The maximum atomic E-state index is 11.4. The number of carbonyl (C=O) groups is 1. The molecule has 1 aliphatic carbocycles. The Balaban J connectivity index is 1.63. The minimum atomic E-state index is -0.0234. The summed E-state index contributed by atoms with van der Waals surface area (Å²) in [6.45, 7) is 0. The first-order valence-electron chi connectivity index (χ1n) is 6.25. The highest BCUT2D eigenvalue weighted by Crippen LogP contribution is 2.34. The van der Waals surface area contributed by atoms with Gasteiger partial charge in [0.15, 0.2) is 0 Å². The van der Waals surface area contributed by atoms with Gasteiger partial charge in [0.25, 0.3) is 0 Å². The first kappa shape index (κ1) is 10.6. The van der Waals surface area contributed by atoms with Gasteiger partial charge >= 0.3 is 5.97 Å². The lowest BCUT2D eigenvalue weighted by atomic mass is 9.88. The highest BCUT2D eigenvalue weighted by Gasteiger charge is 2.36. The molecule has 88 valence electrons. The molecule has 0 saturated carbocycles. The van der Waals surface area contributed by atoms with E-state index in [-0.39, 0.29) is 18.0 Å². The molecule has 17 heavy (non-hydrogen) atoms. The van der Waals surface area contributed by atoms with Gasteiger partial charge in [-0.25, -0.2) is 0 Å². The SMILES string of the molecule is O=C1OC2CC(CCc3ccccc3)=C[C@@H]1C2. The fourth-order valence-electron chi connectivity index (χ4n) is 2.72. The molecular weight excluding hydrogens is 212 g/mol. The van der Waals surface area contributed by atoms with Crippen LogP contribution in [0.4, 0.5) is 0 Å². The van der Waals surface area contributed by atoms with Crippen molar-refractivity contribution in [3.05, 3.63) is 47.5 Å². The number of carbonyl (C=O) groups excluding carboxylic acids is 1. The molecule has 1 aromatic rings. The number of hydrogen-bond donors (Lipinski definition) is 0. The summed E-state index contributed by atoms with van der Waals surface area (Å²) in [7, 11) is 0. The van der Waals surface area contributed by atoms with Crippen LogP contribution in [0.5, 0.6) is 0 Å². The second-order valence-corrected chi connectivity index (χ2v) is 4.92. The predicted octanol–water partition coefficient (Wildman–Crippen LogP) is 2.88. The van der Waals surface area contributed by atoms with Gasteiger partial charge in [0.2, 0.25) is 0 Å². The van der Waals surface area contributed by atoms with Crippen LogP contribution in [-0.2, 0) is 16.0 Å². The van der Waals surface area contributed by atoms with Gasteiger partial charge in [-0.1, -0.05) is 42.0 Å². The largest absolute Gasteiger partial charge is 0.462 e. The first-order chi connectivity index (χ1) is 8.31. The first-order valence-corrected chi connectivity index (χ1v) is 6.25. The smallest absolute Gasteiger partial charge is 0.313 e. The average Bonchev–Trinajstić information content (AvgIpc) is 2.62. The molecule has 0 N–H and O–H groups in total. The molecule has 1 aliphatic heterocycles. The standard InChI is InChI=1S/C15H16O2/c16-15-13-8-12(9-14(10-13)17-15)7-6-11-4-2-1-3-5-11/h1-5,8,13-14H,6-7,9-10H2/t13-,14?/m1/s1. The number of ether oxygens (including phenoxy) is 1. The van der Waals surface area contributed by atoms with Crippen molar-refractivity contribution in [3.8, 4) is 0 Å². The van der Waals surface area contributed by atoms with E-state index in [0.717, 1.165) is 25.7 Å². The molecular formula is C15H16O2. The number of rotatable bonds is 3. The van der Waals surface area contributed by atoms with E-state index in [1.165, 1.54) is 11.1 Å². The lowest BCUT2D eigenvalue weighted by Crippen LogP contribution is -2.11. The summed E-state index contributed by atoms with van der Waals surface area (Å²) in [4.78, 5) is 11.4. The van der Waals surface area contributed by atoms with Crippen LogP contribution in [0.1, 0.15) is 24.8 Å². The van der Waals surface area contributed by atoms with E-state index >= 15 is 0 Å². The van der Waals surface area contributed by atoms with Crippen LogP contribution in [0, 0.1) is 5.92 Å². The Morgan fingerprint density at radius 3 is 2.76 bits per heavy atom. The number of esters is 1. The normalized spacial score (nSPS) is 26.6. The van der Waals surface area contributed by atoms with Gasteiger partial charge in [-0.2, -0.15) is 0 Å². The number of fused-ring (bicyclic) bond motifs is 2. The van der Waals surface area contributed by atoms with Crippen LogP contribution in [-0.4, -0.2) is 12.1 Å². The highest BCUT2D eigenvalue weighted by atomic mass is 16.6. The molecule has 1 saturated heterocycles. The van der Waals surface area contributed by atoms with Crippen molar-refractivity contribution < 1.29 is 9.53 Å². The van der Waals surface area contributed by atoms with Gasteiger partial charge in [-0.3, -0.25) is 4.79 Å². The molecule has 1 fully saturated rings. The molecule has 2 heteroatoms. The van der Waals surface area contributed by atoms with Crippen LogP contribution in [0.15, 0.2) is 42.0 Å². The van der Waals surface area contributed by atoms with Crippen LogP contribution in [0.3, 0.4) is 0 Å². The molecule has 1 aromatic carbocycles. The number of hydrogen-bond acceptors (Lipinski definition) is 2. The van der Waals surface area contributed by atoms with Crippen LogP contribution < -0.4 is 0 Å². The molecule has 0 radical (unpaired) electrons. The molecule has 1 heterocycles. The zero-order chi connectivity index (χ0) is 11.7. The molecule has 2 nitrogen and oxygen atoms in total. The molecule has 2 atom stereocenters. The van der Waals surface area contributed by atoms with Crippen LogP contribution >= 0.6 is 0 Å². The summed E-state index contributed by atoms with van der Waals surface area (Å²) in [5.74, 6) is 0.0178. The topological polar surface area (TPSA) is 26.3 Å². The van der Waals surface area contributed by atoms with Crippen molar-refractivity contribution in [1.29, 1.82) is 0 Å². The Bertz CT molecular complexity index is 447. The summed E-state index contributed by atoms with van der Waals surface area (Å²) in [6.07, 6.45) is 6.23. The van der Waals surface area contributed by atoms with Crippen molar-refractivity contribution in [3.63, 3.8) is 0 Å². The summed E-state index contributed by atoms with van der Waals surface area (Å²) in [5, 5.41) is 0. The van der Waals surface area contributed by atoms with Crippen LogP contribution in [0.25, 0.3) is 0 Å². The van der Waals surface area contributed by atoms with Gasteiger partial charge in [-0.05, 0) is 18.4 Å². The number of benzene rings is 1. The third-order valence-corrected chi connectivity index (χ3v) is 3.61. The zero-order valence-corrected chi connectivity index (χ0v) is 9.76. The van der Waals surface area contributed by atoms with Crippen molar-refractivity contribution in [1.82, 2.24) is 0 Å². The molecule has 2 bridgehead atoms. The van der Waals surface area contributed by atoms with Gasteiger partial charge in [0, 0.05) is 12.8 Å². The minimum Gasteiger partial charge on any atom is -0.462 e. The van der Waals surface area contributed by atoms with Crippen molar-refractivity contribution in [2.45, 2.75) is 31.8 Å². The van der Waals surface area contributed by atoms with E-state index in [0.29, 0.717) is 0 Å². The Labute approximate surface area is 101 Å². The molecule has 3 rings (SSSR count). The Morgan fingerprint density at radius 2 is 2.00 bits per heavy atom. The van der Waals surface area contributed by atoms with E-state index in [1.54, 1.807) is 0 Å². The van der Waals surface area contributed by atoms with E-state index in [2.05, 4.69) is 30.3 Å². The Hall–Kier alpha value is -1.57. The van der Waals surface area contributed by atoms with Gasteiger partial charge in [0.05, 0.1) is 5.92 Å². The molecule has 0 amide bonds. The number of aryl methyl sites for hydroxylation is 1. The maximum absolute atomic E-state index is 11.4. The van der Waals surface area contributed by atoms with E-state index < -0.39 is 0 Å². The van der Waals surface area contributed by atoms with E-state index in [1.807, 2.05) is 6.07 Å². The third kappa shape index (κ3) is 2.26. The summed E-state index contributed by atoms with van der Waals surface area (Å²) < 4.78 is 5.28. The predicted molar refractivity (Wildman–Crippen MR) is 65.5 cm³/mol. The van der Waals surface area contributed by atoms with Crippen molar-refractivity contribution in [2.24, 2.45) is 5.92 Å². The summed E-state index contributed by atoms with van der Waals surface area (Å²) in [6, 6.07) is 10.5. The minimum absolute atomic E-state index is 0.0234. The zero-order valence-electron chi connectivity index (χ0n) is 9.76. The molecule has 0 spiro atoms. The monoisotopic (exact) mass is 228 g/mol. The van der Waals surface area contributed by atoms with Gasteiger partial charge in [0.1, 0.15) is 6.10 Å². The molecule has 2 aliphatic rings. The second kappa shape index (κ2) is 4.36. The Kier molecular flexibility index (Phi) is 2.71. The van der Waals surface area contributed by atoms with Crippen LogP contribution in [0.2, 0.25) is 0 Å². The lowest BCUT2D eigenvalue weighted by molar-refractivity contribution is -0.142. The van der Waals surface area contributed by atoms with E-state index in [9.17, 15) is 4.79 Å². The molecule has 0 aromatic heterocycles. The second-order valence-electron chi connectivity index (χ2n) is 4.92. The van der Waals surface area contributed by atoms with Crippen molar-refractivity contribution >= 4 is 5.97 Å². The quantitative estimate of drug-likeness (QED) is 0.587. The summed E-state index contributed by atoms with van der Waals surface area (Å²) >= 11 is 0. The maximum Gasteiger partial charge on any atom is 0.313 e. The fourth-order valence-corrected chi connectivity index (χ4v) is 2.72.